The Morgan fingerprint density at radius 3 is 2.35 bits per heavy atom. The maximum absolute atomic E-state index is 12.4. The number of nitrogens with one attached hydrogen (secondary N) is 2. The SMILES string of the molecule is B=C(C(=O)NC(C)C(F)(F)F)c1[nH]c(C)c(C=O)c1C. The van der Waals surface area contributed by atoms with Crippen LogP contribution in [0.2, 0.25) is 0 Å². The zero-order valence-corrected chi connectivity index (χ0v) is 11.3. The van der Waals surface area contributed by atoms with Gasteiger partial charge in [0.25, 0.3) is 0 Å². The van der Waals surface area contributed by atoms with E-state index >= 15 is 0 Å². The van der Waals surface area contributed by atoms with Crippen molar-refractivity contribution >= 4 is 25.1 Å². The van der Waals surface area contributed by atoms with Gasteiger partial charge in [0.15, 0.2) is 0 Å². The van der Waals surface area contributed by atoms with Gasteiger partial charge in [-0.05, 0) is 0 Å². The molecule has 1 rings (SSSR count). The number of hydrogen-bond donors (Lipinski definition) is 2. The predicted octanol–water partition coefficient (Wildman–Crippen LogP) is 0.932. The molecule has 0 aromatic carbocycles. The van der Waals surface area contributed by atoms with Crippen LogP contribution in [0.4, 0.5) is 13.2 Å². The van der Waals surface area contributed by atoms with E-state index in [1.807, 2.05) is 5.32 Å². The second-order valence-electron chi connectivity index (χ2n) is 4.50. The van der Waals surface area contributed by atoms with Gasteiger partial charge in [0.1, 0.15) is 0 Å². The van der Waals surface area contributed by atoms with Crippen molar-refractivity contribution in [1.82, 2.24) is 10.3 Å². The van der Waals surface area contributed by atoms with Crippen LogP contribution in [0.15, 0.2) is 0 Å². The molecule has 0 aliphatic heterocycles. The number of hydrogen-bond acceptors (Lipinski definition) is 2. The van der Waals surface area contributed by atoms with E-state index in [0.717, 1.165) is 6.92 Å². The van der Waals surface area contributed by atoms with E-state index < -0.39 is 18.1 Å². The second-order valence-corrected chi connectivity index (χ2v) is 4.50. The first-order valence-electron chi connectivity index (χ1n) is 5.80. The Balaban J connectivity index is 2.96. The van der Waals surface area contributed by atoms with E-state index in [0.29, 0.717) is 23.1 Å². The number of aromatic amines is 1. The Morgan fingerprint density at radius 2 is 1.95 bits per heavy atom. The van der Waals surface area contributed by atoms with Crippen LogP contribution >= 0.6 is 0 Å². The van der Waals surface area contributed by atoms with Crippen LogP contribution in [0.1, 0.15) is 34.2 Å². The number of aryl methyl sites for hydroxylation is 1. The number of aromatic nitrogens is 1. The van der Waals surface area contributed by atoms with Crippen LogP contribution in [0.3, 0.4) is 0 Å². The number of alkyl halides is 3. The minimum absolute atomic E-state index is 0.144. The molecule has 0 aliphatic rings. The summed E-state index contributed by atoms with van der Waals surface area (Å²) in [5.74, 6) is -0.934. The van der Waals surface area contributed by atoms with E-state index in [9.17, 15) is 22.8 Å². The summed E-state index contributed by atoms with van der Waals surface area (Å²) < 4.78 is 37.1. The monoisotopic (exact) mass is 286 g/mol. The molecule has 1 aromatic rings. The first-order chi connectivity index (χ1) is 9.09. The van der Waals surface area contributed by atoms with Crippen molar-refractivity contribution in [2.24, 2.45) is 0 Å². The van der Waals surface area contributed by atoms with Crippen LogP contribution in [0, 0.1) is 13.8 Å². The van der Waals surface area contributed by atoms with Crippen LogP contribution in [0.5, 0.6) is 0 Å². The number of amides is 1. The minimum atomic E-state index is -4.52. The summed E-state index contributed by atoms with van der Waals surface area (Å²) >= 11 is 0. The average Bonchev–Trinajstić information content (AvgIpc) is 2.62. The van der Waals surface area contributed by atoms with Gasteiger partial charge in [-0.15, -0.1) is 0 Å². The normalized spacial score (nSPS) is 12.8. The van der Waals surface area contributed by atoms with Gasteiger partial charge in [0, 0.05) is 0 Å². The summed E-state index contributed by atoms with van der Waals surface area (Å²) in [5, 5.41) is 1.82. The van der Waals surface area contributed by atoms with E-state index in [1.165, 1.54) is 0 Å². The van der Waals surface area contributed by atoms with Crippen molar-refractivity contribution in [2.45, 2.75) is 33.0 Å². The molecule has 4 nitrogen and oxygen atoms in total. The van der Waals surface area contributed by atoms with Gasteiger partial charge < -0.3 is 0 Å². The molecule has 1 amide bonds. The first kappa shape index (κ1) is 16.2. The third-order valence-electron chi connectivity index (χ3n) is 3.03. The molecule has 1 heterocycles. The molecule has 8 heteroatoms. The third-order valence-corrected chi connectivity index (χ3v) is 3.03. The average molecular weight is 286 g/mol. The number of rotatable bonds is 4. The molecule has 108 valence electrons. The van der Waals surface area contributed by atoms with Gasteiger partial charge in [0.2, 0.25) is 0 Å². The summed E-state index contributed by atoms with van der Waals surface area (Å²) in [6.45, 7) is 4.06. The molecule has 2 N–H and O–H groups in total. The fourth-order valence-corrected chi connectivity index (χ4v) is 1.72. The fraction of sp³-hybridized carbons (Fsp3) is 0.417. The molecular formula is C12H14BF3N2O2. The third kappa shape index (κ3) is 3.18. The molecule has 0 saturated heterocycles. The van der Waals surface area contributed by atoms with Crippen LogP contribution in [-0.2, 0) is 4.79 Å². The summed E-state index contributed by atoms with van der Waals surface area (Å²) in [5.41, 5.74) is 1.51. The van der Waals surface area contributed by atoms with Crippen molar-refractivity contribution < 1.29 is 22.8 Å². The van der Waals surface area contributed by atoms with Crippen molar-refractivity contribution in [2.75, 3.05) is 0 Å². The van der Waals surface area contributed by atoms with E-state index in [2.05, 4.69) is 12.5 Å². The van der Waals surface area contributed by atoms with Gasteiger partial charge >= 0.3 is 114 Å². The number of carbonyl (C=O) groups is 2. The van der Waals surface area contributed by atoms with E-state index in [1.54, 1.807) is 13.8 Å². The molecule has 0 fully saturated rings. The van der Waals surface area contributed by atoms with Gasteiger partial charge in [-0.1, -0.05) is 0 Å². The van der Waals surface area contributed by atoms with Crippen LogP contribution in [0.25, 0.3) is 0 Å². The second kappa shape index (κ2) is 5.64. The molecule has 20 heavy (non-hydrogen) atoms. The van der Waals surface area contributed by atoms with Crippen LogP contribution < -0.4 is 5.32 Å². The Morgan fingerprint density at radius 1 is 1.40 bits per heavy atom. The molecule has 0 spiro atoms. The Hall–Kier alpha value is -1.86. The van der Waals surface area contributed by atoms with Crippen LogP contribution in [-0.4, -0.2) is 42.3 Å². The molecule has 1 aromatic heterocycles. The molecular weight excluding hydrogens is 272 g/mol. The maximum atomic E-state index is 12.4. The molecule has 0 aliphatic carbocycles. The van der Waals surface area contributed by atoms with Gasteiger partial charge in [-0.2, -0.15) is 0 Å². The van der Waals surface area contributed by atoms with Crippen molar-refractivity contribution in [3.8, 4) is 0 Å². The van der Waals surface area contributed by atoms with Gasteiger partial charge in [0.05, 0.1) is 0 Å². The summed E-state index contributed by atoms with van der Waals surface area (Å²) in [4.78, 5) is 25.4. The standard InChI is InChI=1S/C12H14BF3N2O2/c1-5-8(4-19)6(2)17-10(5)9(13)11(20)18-7(3)12(14,15)16/h4,7,13,17H,1-3H3,(H,18,20). The molecule has 0 saturated carbocycles. The molecule has 0 radical (unpaired) electrons. The first-order valence-corrected chi connectivity index (χ1v) is 5.80. The van der Waals surface area contributed by atoms with Crippen molar-refractivity contribution in [3.63, 3.8) is 0 Å². The number of carbonyl (C=O) groups excluding carboxylic acids is 2. The van der Waals surface area contributed by atoms with Crippen molar-refractivity contribution in [1.29, 1.82) is 0 Å². The molecule has 1 unspecified atom stereocenters. The summed E-state index contributed by atoms with van der Waals surface area (Å²) in [7, 11) is 3.48. The fourth-order valence-electron chi connectivity index (χ4n) is 1.72. The zero-order valence-electron chi connectivity index (χ0n) is 11.3. The quantitative estimate of drug-likeness (QED) is 0.639. The Kier molecular flexibility index (Phi) is 4.57. The number of aldehydes is 1. The Labute approximate surface area is 114 Å². The van der Waals surface area contributed by atoms with E-state index in [-0.39, 0.29) is 11.2 Å². The predicted molar refractivity (Wildman–Crippen MR) is 70.6 cm³/mol. The summed E-state index contributed by atoms with van der Waals surface area (Å²) in [6.07, 6.45) is -3.90. The topological polar surface area (TPSA) is 62.0 Å². The van der Waals surface area contributed by atoms with E-state index in [4.69, 9.17) is 0 Å². The zero-order chi connectivity index (χ0) is 15.7. The number of halogens is 3. The van der Waals surface area contributed by atoms with Gasteiger partial charge in [-0.25, -0.2) is 0 Å². The van der Waals surface area contributed by atoms with Gasteiger partial charge in [-0.3, -0.25) is 0 Å². The van der Waals surface area contributed by atoms with Crippen molar-refractivity contribution in [3.05, 3.63) is 22.5 Å². The molecule has 1 atom stereocenters. The summed E-state index contributed by atoms with van der Waals surface area (Å²) in [6, 6.07) is -1.98. The Bertz CT molecular complexity index is 564. The number of H-pyrrole nitrogens is 1. The molecule has 0 bridgehead atoms.